The average molecular weight is 316 g/mol. The van der Waals surface area contributed by atoms with Crippen molar-refractivity contribution in [3.8, 4) is 5.69 Å². The molecule has 122 valence electrons. The molecule has 2 aromatic rings. The lowest BCUT2D eigenvalue weighted by atomic mass is 10.1. The van der Waals surface area contributed by atoms with Gasteiger partial charge in [0.1, 0.15) is 11.5 Å². The first-order valence-electron chi connectivity index (χ1n) is 7.89. The number of halogens is 1. The summed E-state index contributed by atoms with van der Waals surface area (Å²) in [5.41, 5.74) is 2.37. The van der Waals surface area contributed by atoms with Crippen molar-refractivity contribution < 1.29 is 9.18 Å². The zero-order valence-corrected chi connectivity index (χ0v) is 13.4. The Morgan fingerprint density at radius 2 is 2.22 bits per heavy atom. The second kappa shape index (κ2) is 6.50. The minimum atomic E-state index is -0.453. The summed E-state index contributed by atoms with van der Waals surface area (Å²) in [6.45, 7) is 5.48. The average Bonchev–Trinajstić information content (AvgIpc) is 2.86. The van der Waals surface area contributed by atoms with Crippen LogP contribution in [0.3, 0.4) is 0 Å². The van der Waals surface area contributed by atoms with Gasteiger partial charge >= 0.3 is 0 Å². The number of benzene rings is 1. The normalized spacial score (nSPS) is 18.0. The molecule has 1 saturated heterocycles. The van der Waals surface area contributed by atoms with Crippen LogP contribution in [0.2, 0.25) is 0 Å². The van der Waals surface area contributed by atoms with Crippen molar-refractivity contribution in [1.82, 2.24) is 20.4 Å². The molecular formula is C17H21FN4O. The van der Waals surface area contributed by atoms with Crippen LogP contribution in [0.4, 0.5) is 4.39 Å². The zero-order chi connectivity index (χ0) is 16.4. The maximum Gasteiger partial charge on any atom is 0.251 e. The van der Waals surface area contributed by atoms with Gasteiger partial charge in [0.05, 0.1) is 5.69 Å². The molecular weight excluding hydrogens is 295 g/mol. The van der Waals surface area contributed by atoms with Crippen LogP contribution in [0.5, 0.6) is 0 Å². The van der Waals surface area contributed by atoms with Crippen molar-refractivity contribution in [1.29, 1.82) is 0 Å². The van der Waals surface area contributed by atoms with Crippen molar-refractivity contribution in [2.24, 2.45) is 0 Å². The third-order valence-electron chi connectivity index (χ3n) is 4.08. The van der Waals surface area contributed by atoms with E-state index in [1.54, 1.807) is 16.8 Å². The highest BCUT2D eigenvalue weighted by atomic mass is 19.1. The molecule has 23 heavy (non-hydrogen) atoms. The molecule has 1 atom stereocenters. The summed E-state index contributed by atoms with van der Waals surface area (Å²) in [5, 5.41) is 10.5. The van der Waals surface area contributed by atoms with E-state index in [1.807, 2.05) is 19.9 Å². The van der Waals surface area contributed by atoms with Gasteiger partial charge in [-0.15, -0.1) is 0 Å². The summed E-state index contributed by atoms with van der Waals surface area (Å²) in [4.78, 5) is 12.3. The molecule has 5 nitrogen and oxygen atoms in total. The molecule has 1 fully saturated rings. The number of piperidine rings is 1. The Morgan fingerprint density at radius 3 is 2.83 bits per heavy atom. The second-order valence-corrected chi connectivity index (χ2v) is 6.02. The fraction of sp³-hybridized carbons (Fsp3) is 0.412. The summed E-state index contributed by atoms with van der Waals surface area (Å²) >= 11 is 0. The fourth-order valence-corrected chi connectivity index (χ4v) is 2.94. The number of carbonyl (C=O) groups is 1. The van der Waals surface area contributed by atoms with Gasteiger partial charge in [0, 0.05) is 23.8 Å². The Labute approximate surface area is 134 Å². The maximum atomic E-state index is 14.4. The van der Waals surface area contributed by atoms with Crippen molar-refractivity contribution in [3.63, 3.8) is 0 Å². The van der Waals surface area contributed by atoms with Crippen LogP contribution in [-0.4, -0.2) is 34.8 Å². The van der Waals surface area contributed by atoms with Crippen LogP contribution in [0.25, 0.3) is 5.69 Å². The van der Waals surface area contributed by atoms with Gasteiger partial charge in [-0.25, -0.2) is 9.07 Å². The first kappa shape index (κ1) is 15.7. The van der Waals surface area contributed by atoms with Gasteiger partial charge in [0.15, 0.2) is 0 Å². The standard InChI is InChI=1S/C17H21FN4O/c1-11-8-12(2)22(21-11)16-6-5-13(9-15(16)18)17(23)20-14-4-3-7-19-10-14/h5-6,8-9,14,19H,3-4,7,10H2,1-2H3,(H,20,23)/t14-/m0/s1. The Morgan fingerprint density at radius 1 is 1.39 bits per heavy atom. The number of hydrogen-bond donors (Lipinski definition) is 2. The minimum absolute atomic E-state index is 0.106. The monoisotopic (exact) mass is 316 g/mol. The van der Waals surface area contributed by atoms with Crippen LogP contribution >= 0.6 is 0 Å². The summed E-state index contributed by atoms with van der Waals surface area (Å²) in [6.07, 6.45) is 1.99. The largest absolute Gasteiger partial charge is 0.348 e. The highest BCUT2D eigenvalue weighted by Crippen LogP contribution is 2.18. The molecule has 0 bridgehead atoms. The number of aromatic nitrogens is 2. The lowest BCUT2D eigenvalue weighted by Gasteiger charge is -2.23. The number of amides is 1. The molecule has 0 aliphatic carbocycles. The predicted octanol–water partition coefficient (Wildman–Crippen LogP) is 2.11. The van der Waals surface area contributed by atoms with Crippen LogP contribution < -0.4 is 10.6 Å². The third kappa shape index (κ3) is 3.42. The number of nitrogens with one attached hydrogen (secondary N) is 2. The third-order valence-corrected chi connectivity index (χ3v) is 4.08. The van der Waals surface area contributed by atoms with Crippen molar-refractivity contribution >= 4 is 5.91 Å². The summed E-state index contributed by atoms with van der Waals surface area (Å²) in [6, 6.07) is 6.51. The van der Waals surface area contributed by atoms with Crippen molar-refractivity contribution in [3.05, 3.63) is 47.0 Å². The summed E-state index contributed by atoms with van der Waals surface area (Å²) < 4.78 is 16.0. The van der Waals surface area contributed by atoms with Crippen molar-refractivity contribution in [2.75, 3.05) is 13.1 Å². The molecule has 2 heterocycles. The van der Waals surface area contributed by atoms with Gasteiger partial charge in [-0.3, -0.25) is 4.79 Å². The Bertz CT molecular complexity index is 719. The number of rotatable bonds is 3. The van der Waals surface area contributed by atoms with E-state index in [0.29, 0.717) is 11.3 Å². The molecule has 6 heteroatoms. The van der Waals surface area contributed by atoms with E-state index in [-0.39, 0.29) is 11.9 Å². The highest BCUT2D eigenvalue weighted by molar-refractivity contribution is 5.94. The van der Waals surface area contributed by atoms with Crippen molar-refractivity contribution in [2.45, 2.75) is 32.7 Å². The second-order valence-electron chi connectivity index (χ2n) is 6.02. The molecule has 1 amide bonds. The SMILES string of the molecule is Cc1cc(C)n(-c2ccc(C(=O)N[C@H]3CCCNC3)cc2F)n1. The van der Waals surface area contributed by atoms with E-state index in [4.69, 9.17) is 0 Å². The van der Waals surface area contributed by atoms with E-state index in [0.717, 1.165) is 37.3 Å². The van der Waals surface area contributed by atoms with Crippen LogP contribution in [0.1, 0.15) is 34.6 Å². The Kier molecular flexibility index (Phi) is 4.43. The van der Waals surface area contributed by atoms with E-state index in [2.05, 4.69) is 15.7 Å². The van der Waals surface area contributed by atoms with Gasteiger partial charge in [-0.1, -0.05) is 0 Å². The van der Waals surface area contributed by atoms with Crippen LogP contribution in [0, 0.1) is 19.7 Å². The van der Waals surface area contributed by atoms with Gasteiger partial charge in [0.2, 0.25) is 0 Å². The molecule has 1 aromatic heterocycles. The molecule has 1 aliphatic rings. The molecule has 3 rings (SSSR count). The zero-order valence-electron chi connectivity index (χ0n) is 13.4. The lowest BCUT2D eigenvalue weighted by molar-refractivity contribution is 0.0930. The van der Waals surface area contributed by atoms with Gasteiger partial charge < -0.3 is 10.6 Å². The van der Waals surface area contributed by atoms with E-state index >= 15 is 0 Å². The Balaban J connectivity index is 1.78. The first-order valence-corrected chi connectivity index (χ1v) is 7.89. The highest BCUT2D eigenvalue weighted by Gasteiger charge is 2.18. The molecule has 0 unspecified atom stereocenters. The van der Waals surface area contributed by atoms with E-state index in [1.165, 1.54) is 6.07 Å². The number of nitrogens with zero attached hydrogens (tertiary/aromatic N) is 2. The lowest BCUT2D eigenvalue weighted by Crippen LogP contribution is -2.45. The van der Waals surface area contributed by atoms with Gasteiger partial charge in [0.25, 0.3) is 5.91 Å². The smallest absolute Gasteiger partial charge is 0.251 e. The summed E-state index contributed by atoms with van der Waals surface area (Å²) in [5.74, 6) is -0.692. The fourth-order valence-electron chi connectivity index (χ4n) is 2.94. The summed E-state index contributed by atoms with van der Waals surface area (Å²) in [7, 11) is 0. The molecule has 0 radical (unpaired) electrons. The predicted molar refractivity (Wildman–Crippen MR) is 86.4 cm³/mol. The quantitative estimate of drug-likeness (QED) is 0.912. The molecule has 1 aromatic carbocycles. The molecule has 2 N–H and O–H groups in total. The van der Waals surface area contributed by atoms with Gasteiger partial charge in [-0.2, -0.15) is 5.10 Å². The van der Waals surface area contributed by atoms with E-state index in [9.17, 15) is 9.18 Å². The number of hydrogen-bond acceptors (Lipinski definition) is 3. The topological polar surface area (TPSA) is 59.0 Å². The van der Waals surface area contributed by atoms with Gasteiger partial charge in [-0.05, 0) is 57.5 Å². The van der Waals surface area contributed by atoms with Crippen LogP contribution in [0.15, 0.2) is 24.3 Å². The molecule has 0 spiro atoms. The molecule has 0 saturated carbocycles. The van der Waals surface area contributed by atoms with E-state index < -0.39 is 5.82 Å². The number of carbonyl (C=O) groups excluding carboxylic acids is 1. The number of aryl methyl sites for hydroxylation is 2. The maximum absolute atomic E-state index is 14.4. The van der Waals surface area contributed by atoms with Crippen LogP contribution in [-0.2, 0) is 0 Å². The first-order chi connectivity index (χ1) is 11.0. The Hall–Kier alpha value is -2.21. The molecule has 1 aliphatic heterocycles. The minimum Gasteiger partial charge on any atom is -0.348 e.